The van der Waals surface area contributed by atoms with Gasteiger partial charge in [-0.2, -0.15) is 0 Å². The Hall–Kier alpha value is 6.99. The fourth-order valence-electron chi connectivity index (χ4n) is 0. The van der Waals surface area contributed by atoms with E-state index < -0.39 is 31.3 Å². The molecular weight excluding hydrogens is 536 g/mol. The monoisotopic (exact) mass is 552 g/mol. The summed E-state index contributed by atoms with van der Waals surface area (Å²) in [7, 11) is -18.6. The largest absolute Gasteiger partial charge is 1.00 e. The Morgan fingerprint density at radius 1 is 0.333 bits per heavy atom. The van der Waals surface area contributed by atoms with E-state index in [0.29, 0.717) is 0 Å². The van der Waals surface area contributed by atoms with Crippen LogP contribution < -0.4 is 206 Å². The van der Waals surface area contributed by atoms with Crippen molar-refractivity contribution in [1.29, 1.82) is 0 Å². The van der Waals surface area contributed by atoms with E-state index in [1.807, 2.05) is 0 Å². The normalized spacial score (nSPS) is 9.83. The molecule has 0 aromatic carbocycles. The molecule has 16 nitrogen and oxygen atoms in total. The van der Waals surface area contributed by atoms with E-state index in [-0.39, 0.29) is 211 Å². The predicted molar refractivity (Wildman–Crippen MR) is 61.5 cm³/mol. The number of rotatable bonds is 0. The van der Waals surface area contributed by atoms with Gasteiger partial charge in [0, 0.05) is 0 Å². The molecule has 24 heteroatoms. The Balaban J connectivity index is -0.0000000111. The van der Waals surface area contributed by atoms with Crippen LogP contribution in [0.5, 0.6) is 0 Å². The summed E-state index contributed by atoms with van der Waals surface area (Å²) >= 11 is 0. The van der Waals surface area contributed by atoms with Crippen LogP contribution in [-0.2, 0) is 18.3 Å². The van der Waals surface area contributed by atoms with Gasteiger partial charge >= 0.3 is 237 Å². The molecule has 0 fully saturated rings. The van der Waals surface area contributed by atoms with Gasteiger partial charge in [0.2, 0.25) is 0 Å². The number of hydrogen-bond acceptors (Lipinski definition) is 4. The van der Waals surface area contributed by atoms with Crippen LogP contribution in [0.4, 0.5) is 0 Å². The van der Waals surface area contributed by atoms with E-state index >= 15 is 0 Å². The van der Waals surface area contributed by atoms with Gasteiger partial charge in [-0.25, -0.2) is 18.3 Å². The second-order valence-electron chi connectivity index (χ2n) is 2.05. The molecule has 0 spiro atoms. The van der Waals surface area contributed by atoms with Crippen LogP contribution in [0.1, 0.15) is 5.71 Å². The first kappa shape index (κ1) is 52.7. The van der Waals surface area contributed by atoms with Gasteiger partial charge in [0.1, 0.15) is 0 Å². The van der Waals surface area contributed by atoms with E-state index in [1.165, 1.54) is 0 Å². The first-order valence-corrected chi connectivity index (χ1v) is 9.39. The summed E-state index contributed by atoms with van der Waals surface area (Å²) in [5.74, 6) is 0. The molecule has 24 heavy (non-hydrogen) atoms. The molecule has 0 radical (unpaired) electrons. The minimum atomic E-state index is -4.64. The van der Waals surface area contributed by atoms with Crippen molar-refractivity contribution < 1.29 is 288 Å². The summed E-state index contributed by atoms with van der Waals surface area (Å²) in [5.41, 5.74) is 0. The fraction of sp³-hybridized carbons (Fsp3) is 0. The van der Waals surface area contributed by atoms with Crippen LogP contribution in [0.3, 0.4) is 0 Å². The third kappa shape index (κ3) is 465. The topological polar surface area (TPSA) is 311 Å². The molecular formula is H16K4O16P4. The van der Waals surface area contributed by atoms with Gasteiger partial charge in [0.05, 0.1) is 0 Å². The second kappa shape index (κ2) is 26.2. The van der Waals surface area contributed by atoms with Crippen molar-refractivity contribution in [2.24, 2.45) is 0 Å². The van der Waals surface area contributed by atoms with Crippen molar-refractivity contribution in [2.75, 3.05) is 0 Å². The average Bonchev–Trinajstić information content (AvgIpc) is 1.62. The molecule has 0 rings (SSSR count). The number of phosphoric acid groups is 4. The molecule has 12 N–H and O–H groups in total. The smallest absolute Gasteiger partial charge is 1.00 e. The molecule has 0 aliphatic rings. The Morgan fingerprint density at radius 3 is 0.333 bits per heavy atom. The summed E-state index contributed by atoms with van der Waals surface area (Å²) in [6, 6.07) is 0. The fourth-order valence-corrected chi connectivity index (χ4v) is 0. The van der Waals surface area contributed by atoms with Crippen LogP contribution >= 0.6 is 31.3 Å². The van der Waals surface area contributed by atoms with Gasteiger partial charge < -0.3 is 64.4 Å². The minimum Gasteiger partial charge on any atom is -1.00 e. The quantitative estimate of drug-likeness (QED) is 0.0980. The van der Waals surface area contributed by atoms with E-state index in [2.05, 4.69) is 0 Å². The van der Waals surface area contributed by atoms with Gasteiger partial charge in [-0.3, -0.25) is 0 Å². The van der Waals surface area contributed by atoms with E-state index in [9.17, 15) is 0 Å². The summed E-state index contributed by atoms with van der Waals surface area (Å²) in [6.45, 7) is 0. The molecule has 0 saturated heterocycles. The van der Waals surface area contributed by atoms with Crippen molar-refractivity contribution in [2.45, 2.75) is 0 Å². The Morgan fingerprint density at radius 2 is 0.333 bits per heavy atom. The molecule has 0 unspecified atom stereocenters. The van der Waals surface area contributed by atoms with Crippen LogP contribution in [0.15, 0.2) is 0 Å². The number of hydrogen-bond donors (Lipinski definition) is 12. The van der Waals surface area contributed by atoms with Gasteiger partial charge in [0.15, 0.2) is 0 Å². The molecule has 0 aliphatic carbocycles. The Kier molecular flexibility index (Phi) is 57.7. The minimum absolute atomic E-state index is 0. The first-order chi connectivity index (χ1) is 8.00. The van der Waals surface area contributed by atoms with Crippen LogP contribution in [0, 0.1) is 0 Å². The Bertz CT molecular complexity index is 311. The van der Waals surface area contributed by atoms with Gasteiger partial charge in [-0.15, -0.1) is 0 Å². The molecule has 0 aromatic rings. The zero-order valence-electron chi connectivity index (χ0n) is 16.8. The van der Waals surface area contributed by atoms with Crippen LogP contribution in [0.25, 0.3) is 0 Å². The van der Waals surface area contributed by atoms with Crippen LogP contribution in [0.2, 0.25) is 0 Å². The summed E-state index contributed by atoms with van der Waals surface area (Å²) in [4.78, 5) is 86.2. The van der Waals surface area contributed by atoms with Crippen molar-refractivity contribution in [1.82, 2.24) is 0 Å². The standard InChI is InChI=1S/4K.4H3O4P.4H/c;;;;4*1-5(2,3)4;;;;/h;;;;4*(H3,1,2,3,4);;;;/q4*+1;;;;;4*-1. The van der Waals surface area contributed by atoms with Crippen molar-refractivity contribution in [3.63, 3.8) is 0 Å². The third-order valence-corrected chi connectivity index (χ3v) is 0. The molecule has 0 aromatic heterocycles. The predicted octanol–water partition coefficient (Wildman–Crippen LogP) is -15.2. The van der Waals surface area contributed by atoms with Gasteiger partial charge in [-0.05, 0) is 0 Å². The Labute approximate surface area is 311 Å². The SMILES string of the molecule is O=P(O)(O)O.O=P(O)(O)O.O=P(O)(O)O.O=P(O)(O)O.[H-].[H-].[H-].[H-].[K+].[K+].[K+].[K+]. The summed E-state index contributed by atoms with van der Waals surface area (Å²) in [5, 5.41) is 0. The van der Waals surface area contributed by atoms with Gasteiger partial charge in [0.25, 0.3) is 0 Å². The first-order valence-electron chi connectivity index (χ1n) is 3.13. The summed E-state index contributed by atoms with van der Waals surface area (Å²) in [6.07, 6.45) is 0. The zero-order chi connectivity index (χ0) is 18.0. The average molecular weight is 552 g/mol. The maximum Gasteiger partial charge on any atom is 1.00 e. The van der Waals surface area contributed by atoms with E-state index in [4.69, 9.17) is 77.0 Å². The summed E-state index contributed by atoms with van der Waals surface area (Å²) < 4.78 is 35.5. The molecule has 0 atom stereocenters. The van der Waals surface area contributed by atoms with Gasteiger partial charge in [-0.1, -0.05) is 0 Å². The molecule has 0 saturated carbocycles. The van der Waals surface area contributed by atoms with Crippen LogP contribution in [-0.4, -0.2) is 58.7 Å². The zero-order valence-corrected chi connectivity index (χ0v) is 28.9. The van der Waals surface area contributed by atoms with E-state index in [0.717, 1.165) is 0 Å². The van der Waals surface area contributed by atoms with Crippen molar-refractivity contribution in [3.05, 3.63) is 0 Å². The van der Waals surface area contributed by atoms with Crippen molar-refractivity contribution >= 4 is 31.3 Å². The maximum absolute atomic E-state index is 8.88. The molecule has 0 amide bonds. The molecule has 0 bridgehead atoms. The third-order valence-electron chi connectivity index (χ3n) is 0. The van der Waals surface area contributed by atoms with E-state index in [1.54, 1.807) is 0 Å². The molecule has 0 heterocycles. The maximum atomic E-state index is 8.88. The van der Waals surface area contributed by atoms with Crippen molar-refractivity contribution in [3.8, 4) is 0 Å². The molecule has 0 aliphatic heterocycles. The second-order valence-corrected chi connectivity index (χ2v) is 6.16. The molecule has 136 valence electrons.